The zero-order chi connectivity index (χ0) is 47.2. The quantitative estimate of drug-likeness (QED) is 0.0600. The van der Waals surface area contributed by atoms with Crippen LogP contribution in [-0.4, -0.2) is 110 Å². The van der Waals surface area contributed by atoms with E-state index in [1.54, 1.807) is 0 Å². The molecule has 14 nitrogen and oxygen atoms in total. The van der Waals surface area contributed by atoms with Crippen molar-refractivity contribution in [1.29, 1.82) is 0 Å². The second kappa shape index (κ2) is 22.2. The second-order valence-electron chi connectivity index (χ2n) is 21.3. The number of nitrogens with one attached hydrogen (secondary N) is 4. The summed E-state index contributed by atoms with van der Waals surface area (Å²) in [7, 11) is 0. The fourth-order valence-electron chi connectivity index (χ4n) is 14.2. The fraction of sp³-hybridized carbons (Fsp3) is 0.780. The van der Waals surface area contributed by atoms with Gasteiger partial charge in [-0.3, -0.25) is 29.8 Å². The second-order valence-corrected chi connectivity index (χ2v) is 22.3. The van der Waals surface area contributed by atoms with E-state index < -0.39 is 59.6 Å². The van der Waals surface area contributed by atoms with Crippen molar-refractivity contribution in [2.75, 3.05) is 12.0 Å². The summed E-state index contributed by atoms with van der Waals surface area (Å²) >= 11 is 1.53. The van der Waals surface area contributed by atoms with Crippen molar-refractivity contribution in [3.05, 3.63) is 35.9 Å². The lowest BCUT2D eigenvalue weighted by molar-refractivity contribution is -0.156. The van der Waals surface area contributed by atoms with Gasteiger partial charge in [-0.05, 0) is 141 Å². The van der Waals surface area contributed by atoms with Gasteiger partial charge in [0.2, 0.25) is 5.91 Å². The Bertz CT molecular complexity index is 1800. The zero-order valence-corrected chi connectivity index (χ0v) is 40.1. The van der Waals surface area contributed by atoms with Gasteiger partial charge in [-0.25, -0.2) is 4.79 Å². The van der Waals surface area contributed by atoms with E-state index in [4.69, 9.17) is 0 Å². The topological polar surface area (TPSA) is 235 Å². The van der Waals surface area contributed by atoms with Crippen LogP contribution in [0, 0.1) is 52.3 Å². The van der Waals surface area contributed by atoms with E-state index in [0.29, 0.717) is 55.8 Å². The maximum atomic E-state index is 13.3. The van der Waals surface area contributed by atoms with Crippen LogP contribution in [0.25, 0.3) is 0 Å². The van der Waals surface area contributed by atoms with Gasteiger partial charge in [-0.15, -0.1) is 0 Å². The van der Waals surface area contributed by atoms with Crippen LogP contribution >= 0.6 is 11.8 Å². The zero-order valence-electron chi connectivity index (χ0n) is 39.3. The molecule has 1 amide bonds. The number of carboxylic acid groups (broad SMARTS) is 4. The summed E-state index contributed by atoms with van der Waals surface area (Å²) in [5.41, 5.74) is 0.00300. The first kappa shape index (κ1) is 51.2. The molecule has 13 unspecified atom stereocenters. The molecule has 0 bridgehead atoms. The number of hydrogen-bond donors (Lipinski definition) is 9. The highest BCUT2D eigenvalue weighted by molar-refractivity contribution is 7.98. The molecule has 0 spiro atoms. The van der Waals surface area contributed by atoms with Crippen LogP contribution in [0.15, 0.2) is 30.3 Å². The van der Waals surface area contributed by atoms with Crippen LogP contribution in [0.1, 0.15) is 142 Å². The number of thioether (sulfide) groups is 1. The predicted octanol–water partition coefficient (Wildman–Crippen LogP) is 6.56. The Kier molecular flexibility index (Phi) is 17.5. The number of carbonyl (C=O) groups excluding carboxylic acids is 1. The lowest BCUT2D eigenvalue weighted by Crippen LogP contribution is -2.68. The molecule has 364 valence electrons. The van der Waals surface area contributed by atoms with Gasteiger partial charge in [-0.2, -0.15) is 11.8 Å². The van der Waals surface area contributed by atoms with Gasteiger partial charge in [0.05, 0.1) is 6.10 Å². The van der Waals surface area contributed by atoms with E-state index in [0.717, 1.165) is 51.4 Å². The smallest absolute Gasteiger partial charge is 0.326 e. The third kappa shape index (κ3) is 11.6. The molecule has 5 fully saturated rings. The molecule has 0 heterocycles. The molecule has 65 heavy (non-hydrogen) atoms. The Balaban J connectivity index is 1.37. The molecule has 0 saturated heterocycles. The van der Waals surface area contributed by atoms with Crippen LogP contribution in [0.3, 0.4) is 0 Å². The van der Waals surface area contributed by atoms with Crippen molar-refractivity contribution < 1.29 is 49.5 Å². The fourth-order valence-corrected chi connectivity index (χ4v) is 14.7. The highest BCUT2D eigenvalue weighted by Crippen LogP contribution is 2.68. The third-order valence-corrected chi connectivity index (χ3v) is 18.3. The Morgan fingerprint density at radius 1 is 0.769 bits per heavy atom. The number of benzene rings is 1. The number of hydrogen-bond acceptors (Lipinski definition) is 10. The Hall–Kier alpha value is -3.24. The standard InChI is InChI=1S/C50H78N4O10S/c1-28(16-19-41(56)53-37(45(57)58)21-23-65-5)34-17-18-35-42-36(27-40(50(34,35)4)54-44(48(63)64)31-14-10-7-11-15-31)49(3)22-20-33(51-43(29(2)55)47(61)62)25-32(49)26-38(42)52-39(46(59)60)24-30-12-8-6-9-13-30/h7,10-11,14-15,28-30,32-40,42-44,51-52,54-55H,6,8-9,12-13,16-27H2,1-5H3,(H,53,56)(H,57,58)(H,59,60)(H,61,62)(H,63,64)/t28-,29?,32?,33?,34?,35?,36?,37?,38?,39?,40?,42?,43?,44?,49+,50-/m1/s1. The van der Waals surface area contributed by atoms with Crippen molar-refractivity contribution >= 4 is 41.5 Å². The van der Waals surface area contributed by atoms with E-state index in [2.05, 4.69) is 42.0 Å². The number of aliphatic carboxylic acids is 4. The van der Waals surface area contributed by atoms with Crippen LogP contribution in [0.2, 0.25) is 0 Å². The first-order valence-corrected chi connectivity index (χ1v) is 26.0. The van der Waals surface area contributed by atoms with Gasteiger partial charge in [0.15, 0.2) is 0 Å². The number of aliphatic hydroxyl groups excluding tert-OH is 1. The van der Waals surface area contributed by atoms with Gasteiger partial charge in [0, 0.05) is 24.5 Å². The molecule has 0 radical (unpaired) electrons. The largest absolute Gasteiger partial charge is 0.480 e. The SMILES string of the molecule is CSCCC(NC(=O)CC[C@@H](C)C1CCC2C3C(NC(CC4CCCCC4)C(=O)O)CC4CC(NC(C(=O)O)C(C)O)CC[C@]4(C)C3CC(NC(C(=O)O)c3ccccc3)[C@@]21C)C(=O)O. The van der Waals surface area contributed by atoms with Crippen molar-refractivity contribution in [1.82, 2.24) is 21.3 Å². The molecule has 6 rings (SSSR count). The molecule has 16 atom stereocenters. The highest BCUT2D eigenvalue weighted by atomic mass is 32.2. The molecular weight excluding hydrogens is 849 g/mol. The number of fused-ring (bicyclic) bond motifs is 5. The van der Waals surface area contributed by atoms with E-state index in [-0.39, 0.29) is 71.4 Å². The van der Waals surface area contributed by atoms with Crippen molar-refractivity contribution in [3.63, 3.8) is 0 Å². The predicted molar refractivity (Wildman–Crippen MR) is 250 cm³/mol. The van der Waals surface area contributed by atoms with Crippen molar-refractivity contribution in [2.24, 2.45) is 52.3 Å². The molecule has 9 N–H and O–H groups in total. The average molecular weight is 927 g/mol. The van der Waals surface area contributed by atoms with E-state index in [9.17, 15) is 49.5 Å². The molecule has 5 aliphatic rings. The lowest BCUT2D eigenvalue weighted by atomic mass is 9.42. The summed E-state index contributed by atoms with van der Waals surface area (Å²) in [6.45, 7) is 8.34. The molecule has 15 heteroatoms. The van der Waals surface area contributed by atoms with Gasteiger partial charge >= 0.3 is 23.9 Å². The number of amides is 1. The van der Waals surface area contributed by atoms with E-state index >= 15 is 0 Å². The van der Waals surface area contributed by atoms with Gasteiger partial charge in [-0.1, -0.05) is 83.2 Å². The highest BCUT2D eigenvalue weighted by Gasteiger charge is 2.66. The molecule has 1 aromatic carbocycles. The molecule has 5 saturated carbocycles. The monoisotopic (exact) mass is 927 g/mol. The summed E-state index contributed by atoms with van der Waals surface area (Å²) in [5.74, 6) is -2.81. The Morgan fingerprint density at radius 3 is 2.08 bits per heavy atom. The minimum atomic E-state index is -1.11. The number of carbonyl (C=O) groups is 5. The van der Waals surface area contributed by atoms with Crippen LogP contribution < -0.4 is 21.3 Å². The van der Waals surface area contributed by atoms with Crippen molar-refractivity contribution in [2.45, 2.75) is 179 Å². The number of rotatable bonds is 22. The van der Waals surface area contributed by atoms with E-state index in [1.807, 2.05) is 36.6 Å². The van der Waals surface area contributed by atoms with Crippen LogP contribution in [-0.2, 0) is 24.0 Å². The summed E-state index contributed by atoms with van der Waals surface area (Å²) in [5, 5.41) is 65.6. The van der Waals surface area contributed by atoms with Gasteiger partial charge in [0.1, 0.15) is 24.2 Å². The molecule has 0 aliphatic heterocycles. The lowest BCUT2D eigenvalue weighted by Gasteiger charge is -2.66. The maximum Gasteiger partial charge on any atom is 0.326 e. The molecule has 1 aromatic rings. The van der Waals surface area contributed by atoms with Crippen LogP contribution in [0.5, 0.6) is 0 Å². The third-order valence-electron chi connectivity index (χ3n) is 17.6. The minimum absolute atomic E-state index is 0.0418. The molecular formula is C50H78N4O10S. The average Bonchev–Trinajstić information content (AvgIpc) is 3.63. The normalized spacial score (nSPS) is 34.1. The summed E-state index contributed by atoms with van der Waals surface area (Å²) in [6, 6.07) is 4.93. The first-order valence-electron chi connectivity index (χ1n) is 24.6. The maximum absolute atomic E-state index is 13.3. The summed E-state index contributed by atoms with van der Waals surface area (Å²) in [6.07, 6.45) is 13.2. The summed E-state index contributed by atoms with van der Waals surface area (Å²) < 4.78 is 0. The Labute approximate surface area is 390 Å². The summed E-state index contributed by atoms with van der Waals surface area (Å²) in [4.78, 5) is 64.1. The van der Waals surface area contributed by atoms with Gasteiger partial charge in [0.25, 0.3) is 0 Å². The van der Waals surface area contributed by atoms with Crippen LogP contribution in [0.4, 0.5) is 0 Å². The molecule has 0 aromatic heterocycles. The molecule has 5 aliphatic carbocycles. The van der Waals surface area contributed by atoms with Crippen molar-refractivity contribution in [3.8, 4) is 0 Å². The van der Waals surface area contributed by atoms with E-state index in [1.165, 1.54) is 25.1 Å². The minimum Gasteiger partial charge on any atom is -0.480 e. The van der Waals surface area contributed by atoms with Gasteiger partial charge < -0.3 is 36.2 Å². The number of aliphatic hydroxyl groups is 1. The Morgan fingerprint density at radius 2 is 1.46 bits per heavy atom. The number of carboxylic acids is 4. The first-order chi connectivity index (χ1) is 30.9.